The zero-order valence-corrected chi connectivity index (χ0v) is 16.4. The van der Waals surface area contributed by atoms with Gasteiger partial charge in [-0.3, -0.25) is 9.78 Å². The summed E-state index contributed by atoms with van der Waals surface area (Å²) in [4.78, 5) is 17.5. The van der Waals surface area contributed by atoms with Crippen LogP contribution >= 0.6 is 0 Å². The molecule has 1 aromatic heterocycles. The number of carbonyl (C=O) groups excluding carboxylic acids is 1. The molecule has 0 amide bonds. The van der Waals surface area contributed by atoms with E-state index in [0.29, 0.717) is 0 Å². The summed E-state index contributed by atoms with van der Waals surface area (Å²) >= 11 is 0. The monoisotopic (exact) mass is 391 g/mol. The lowest BCUT2D eigenvalue weighted by molar-refractivity contribution is -0.212. The molecule has 0 N–H and O–H groups in total. The third-order valence-electron chi connectivity index (χ3n) is 6.86. The van der Waals surface area contributed by atoms with E-state index < -0.39 is 5.60 Å². The second-order valence-electron chi connectivity index (χ2n) is 8.32. The Bertz CT molecular complexity index is 1230. The predicted octanol–water partition coefficient (Wildman–Crippen LogP) is 5.57. The first-order chi connectivity index (χ1) is 14.8. The van der Waals surface area contributed by atoms with Gasteiger partial charge in [0.25, 0.3) is 0 Å². The summed E-state index contributed by atoms with van der Waals surface area (Å²) in [6.45, 7) is 0. The molecule has 3 nitrogen and oxygen atoms in total. The number of carbonyl (C=O) groups is 1. The second-order valence-corrected chi connectivity index (χ2v) is 8.32. The second kappa shape index (κ2) is 6.53. The average molecular weight is 391 g/mol. The van der Waals surface area contributed by atoms with Crippen LogP contribution < -0.4 is 0 Å². The number of hydrogen-bond donors (Lipinski definition) is 0. The Labute approximate surface area is 175 Å². The van der Waals surface area contributed by atoms with E-state index in [9.17, 15) is 4.79 Å². The van der Waals surface area contributed by atoms with Crippen molar-refractivity contribution < 1.29 is 9.53 Å². The highest BCUT2D eigenvalue weighted by Gasteiger charge is 2.68. The van der Waals surface area contributed by atoms with E-state index in [-0.39, 0.29) is 23.7 Å². The molecule has 0 unspecified atom stereocenters. The van der Waals surface area contributed by atoms with E-state index in [1.54, 1.807) is 6.20 Å². The largest absolute Gasteiger partial charge is 0.451 e. The van der Waals surface area contributed by atoms with Gasteiger partial charge in [0.2, 0.25) is 0 Å². The molecule has 0 bridgehead atoms. The van der Waals surface area contributed by atoms with Crippen molar-refractivity contribution in [1.82, 2.24) is 4.98 Å². The SMILES string of the molecule is O=C1O[C@@]2(c3ccccn3)C[C@H](c3cccc4ccccc34)[C@@H](c3ccccc3)[C@@H]12. The molecule has 4 atom stereocenters. The molecule has 0 radical (unpaired) electrons. The third kappa shape index (κ3) is 2.38. The zero-order valence-electron chi connectivity index (χ0n) is 16.4. The van der Waals surface area contributed by atoms with Crippen LogP contribution in [0.15, 0.2) is 97.2 Å². The topological polar surface area (TPSA) is 39.2 Å². The maximum atomic E-state index is 12.9. The van der Waals surface area contributed by atoms with Gasteiger partial charge in [-0.2, -0.15) is 0 Å². The molecule has 2 aliphatic rings. The first-order valence-corrected chi connectivity index (χ1v) is 10.4. The van der Waals surface area contributed by atoms with Crippen molar-refractivity contribution in [2.45, 2.75) is 23.9 Å². The number of hydrogen-bond acceptors (Lipinski definition) is 3. The molecule has 1 saturated carbocycles. The molecule has 6 rings (SSSR count). The number of ether oxygens (including phenoxy) is 1. The van der Waals surface area contributed by atoms with Crippen LogP contribution in [0.4, 0.5) is 0 Å². The van der Waals surface area contributed by atoms with Crippen LogP contribution in [-0.2, 0) is 15.1 Å². The molecular formula is C27H21NO2. The fraction of sp³-hybridized carbons (Fsp3) is 0.185. The highest BCUT2D eigenvalue weighted by molar-refractivity contribution is 5.88. The first kappa shape index (κ1) is 17.4. The Morgan fingerprint density at radius 2 is 1.60 bits per heavy atom. The summed E-state index contributed by atoms with van der Waals surface area (Å²) in [6.07, 6.45) is 2.53. The van der Waals surface area contributed by atoms with E-state index in [0.717, 1.165) is 12.1 Å². The molecular weight excluding hydrogens is 370 g/mol. The number of fused-ring (bicyclic) bond motifs is 2. The molecule has 30 heavy (non-hydrogen) atoms. The maximum absolute atomic E-state index is 12.9. The van der Waals surface area contributed by atoms with Crippen molar-refractivity contribution in [3.05, 3.63) is 114 Å². The van der Waals surface area contributed by atoms with Gasteiger partial charge in [0.05, 0.1) is 5.69 Å². The van der Waals surface area contributed by atoms with E-state index in [1.807, 2.05) is 24.3 Å². The van der Waals surface area contributed by atoms with Crippen molar-refractivity contribution in [2.24, 2.45) is 5.92 Å². The Kier molecular flexibility index (Phi) is 3.79. The minimum Gasteiger partial charge on any atom is -0.451 e. The Balaban J connectivity index is 1.57. The summed E-state index contributed by atoms with van der Waals surface area (Å²) in [5.74, 6) is -0.117. The van der Waals surface area contributed by atoms with Gasteiger partial charge in [0.15, 0.2) is 5.60 Å². The number of nitrogens with zero attached hydrogens (tertiary/aromatic N) is 1. The van der Waals surface area contributed by atoms with E-state index in [2.05, 4.69) is 71.7 Å². The molecule has 4 aromatic rings. The predicted molar refractivity (Wildman–Crippen MR) is 116 cm³/mol. The lowest BCUT2D eigenvalue weighted by Gasteiger charge is -2.44. The number of benzene rings is 3. The summed E-state index contributed by atoms with van der Waals surface area (Å²) in [5.41, 5.74) is 2.68. The van der Waals surface area contributed by atoms with Gasteiger partial charge in [-0.15, -0.1) is 0 Å². The Hall–Kier alpha value is -3.46. The van der Waals surface area contributed by atoms with Gasteiger partial charge >= 0.3 is 5.97 Å². The molecule has 0 spiro atoms. The summed E-state index contributed by atoms with van der Waals surface area (Å²) < 4.78 is 5.95. The maximum Gasteiger partial charge on any atom is 0.315 e. The van der Waals surface area contributed by atoms with E-state index >= 15 is 0 Å². The van der Waals surface area contributed by atoms with Crippen LogP contribution in [0.1, 0.15) is 35.1 Å². The van der Waals surface area contributed by atoms with Crippen molar-refractivity contribution in [3.63, 3.8) is 0 Å². The Morgan fingerprint density at radius 3 is 2.40 bits per heavy atom. The van der Waals surface area contributed by atoms with Crippen LogP contribution in [-0.4, -0.2) is 11.0 Å². The number of pyridine rings is 1. The van der Waals surface area contributed by atoms with Crippen molar-refractivity contribution in [2.75, 3.05) is 0 Å². The van der Waals surface area contributed by atoms with Crippen LogP contribution in [0.3, 0.4) is 0 Å². The Morgan fingerprint density at radius 1 is 0.833 bits per heavy atom. The normalized spacial score (nSPS) is 27.3. The minimum atomic E-state index is -0.652. The van der Waals surface area contributed by atoms with Crippen LogP contribution in [0.2, 0.25) is 0 Å². The zero-order chi connectivity index (χ0) is 20.1. The fourth-order valence-corrected chi connectivity index (χ4v) is 5.64. The fourth-order valence-electron chi connectivity index (χ4n) is 5.64. The van der Waals surface area contributed by atoms with Gasteiger partial charge in [-0.1, -0.05) is 78.9 Å². The molecule has 146 valence electrons. The molecule has 1 aliphatic heterocycles. The molecule has 2 fully saturated rings. The van der Waals surface area contributed by atoms with Crippen LogP contribution in [0.25, 0.3) is 10.8 Å². The number of aromatic nitrogens is 1. The average Bonchev–Trinajstić information content (AvgIpc) is 3.09. The van der Waals surface area contributed by atoms with Crippen molar-refractivity contribution in [1.29, 1.82) is 0 Å². The molecule has 1 aliphatic carbocycles. The van der Waals surface area contributed by atoms with Crippen LogP contribution in [0.5, 0.6) is 0 Å². The number of rotatable bonds is 3. The third-order valence-corrected chi connectivity index (χ3v) is 6.86. The lowest BCUT2D eigenvalue weighted by atomic mass is 9.74. The van der Waals surface area contributed by atoms with Crippen molar-refractivity contribution >= 4 is 16.7 Å². The standard InChI is InChI=1S/C27H21NO2/c29-26-25-24(19-10-2-1-3-11-19)22(17-27(25,30-26)23-15-6-7-16-28-23)21-14-8-12-18-9-4-5-13-20(18)21/h1-16,22,24-25H,17H2/t22-,24-,25+,27-/m1/s1. The smallest absolute Gasteiger partial charge is 0.315 e. The van der Waals surface area contributed by atoms with E-state index in [4.69, 9.17) is 4.74 Å². The van der Waals surface area contributed by atoms with Gasteiger partial charge in [0, 0.05) is 18.5 Å². The highest BCUT2D eigenvalue weighted by atomic mass is 16.6. The van der Waals surface area contributed by atoms with Gasteiger partial charge in [-0.05, 0) is 39.9 Å². The first-order valence-electron chi connectivity index (χ1n) is 10.4. The molecule has 1 saturated heterocycles. The van der Waals surface area contributed by atoms with Gasteiger partial charge in [-0.25, -0.2) is 0 Å². The molecule has 3 aromatic carbocycles. The molecule has 3 heteroatoms. The summed E-state index contributed by atoms with van der Waals surface area (Å²) in [6, 6.07) is 31.3. The summed E-state index contributed by atoms with van der Waals surface area (Å²) in [7, 11) is 0. The lowest BCUT2D eigenvalue weighted by Crippen LogP contribution is -2.53. The van der Waals surface area contributed by atoms with E-state index in [1.165, 1.54) is 21.9 Å². The van der Waals surface area contributed by atoms with Gasteiger partial charge in [0.1, 0.15) is 5.92 Å². The quantitative estimate of drug-likeness (QED) is 0.428. The van der Waals surface area contributed by atoms with Crippen LogP contribution in [0, 0.1) is 5.92 Å². The highest BCUT2D eigenvalue weighted by Crippen LogP contribution is 2.65. The van der Waals surface area contributed by atoms with Crippen molar-refractivity contribution in [3.8, 4) is 0 Å². The minimum absolute atomic E-state index is 0.0558. The summed E-state index contributed by atoms with van der Waals surface area (Å²) in [5, 5.41) is 2.47. The molecule has 2 heterocycles. The van der Waals surface area contributed by atoms with Gasteiger partial charge < -0.3 is 4.74 Å². The number of esters is 1.